The number of alkyl carbamates (subject to hydrolysis) is 1. The van der Waals surface area contributed by atoms with Crippen molar-refractivity contribution in [3.05, 3.63) is 46.5 Å². The number of allylic oxidation sites excluding steroid dienone is 3. The van der Waals surface area contributed by atoms with Gasteiger partial charge in [0.2, 0.25) is 5.91 Å². The fourth-order valence-electron chi connectivity index (χ4n) is 6.63. The number of nitrogens with zero attached hydrogens (tertiary/aromatic N) is 2. The highest BCUT2D eigenvalue weighted by molar-refractivity contribution is 7.80. The molecule has 0 aromatic heterocycles. The van der Waals surface area contributed by atoms with Gasteiger partial charge in [0.05, 0.1) is 31.9 Å². The number of halogens is 4. The van der Waals surface area contributed by atoms with Gasteiger partial charge in [-0.1, -0.05) is 35.4 Å². The largest absolute Gasteiger partial charge is 0.495 e. The molecule has 4 aliphatic rings. The molecule has 4 heterocycles. The number of anilines is 1. The summed E-state index contributed by atoms with van der Waals surface area (Å²) in [7, 11) is 5.47. The number of nitrogens with one attached hydrogen (secondary N) is 1. The van der Waals surface area contributed by atoms with E-state index in [0.717, 1.165) is 23.1 Å². The second-order valence-corrected chi connectivity index (χ2v) is 14.2. The van der Waals surface area contributed by atoms with Gasteiger partial charge in [0.15, 0.2) is 5.72 Å². The molecule has 51 heavy (non-hydrogen) atoms. The van der Waals surface area contributed by atoms with Crippen LogP contribution in [-0.4, -0.2) is 117 Å². The second-order valence-electron chi connectivity index (χ2n) is 13.4. The van der Waals surface area contributed by atoms with E-state index in [1.807, 2.05) is 13.0 Å². The van der Waals surface area contributed by atoms with E-state index in [-0.39, 0.29) is 30.0 Å². The lowest BCUT2D eigenvalue weighted by molar-refractivity contribution is -0.280. The van der Waals surface area contributed by atoms with E-state index in [1.54, 1.807) is 31.2 Å². The minimum absolute atomic E-state index is 0.0669. The van der Waals surface area contributed by atoms with Gasteiger partial charge in [0.25, 0.3) is 0 Å². The van der Waals surface area contributed by atoms with Crippen molar-refractivity contribution in [2.24, 2.45) is 0 Å². The standard InChI is InChI=1S/C34H45ClF3N3O9S/c1-19-8-7-9-26(47-6)33(45)17-23(48-31(44)39-33)24-16-32(2,50-24)27(49-29(43)18-40(3)25(10-11-51)34(36,37)38)15-28(42)41(4)21-13-20(12-19)14-22(46-5)30(21)35/h7-9,13-14,23-27,45,51H,10-12,15-18H2,1-6H3,(H,39,44)/b9-7+,19-8+/t23-,24?,25?,26+,27-,32+,33-/m0/s1. The maximum absolute atomic E-state index is 13.9. The monoisotopic (exact) mass is 763 g/mol. The summed E-state index contributed by atoms with van der Waals surface area (Å²) in [4.78, 5) is 41.9. The fourth-order valence-corrected chi connectivity index (χ4v) is 7.19. The summed E-state index contributed by atoms with van der Waals surface area (Å²) >= 11 is 10.6. The number of carbonyl (C=O) groups excluding carboxylic acids is 3. The second kappa shape index (κ2) is 16.3. The predicted octanol–water partition coefficient (Wildman–Crippen LogP) is 4.60. The molecule has 2 unspecified atom stereocenters. The first kappa shape index (κ1) is 40.7. The van der Waals surface area contributed by atoms with Gasteiger partial charge in [0, 0.05) is 27.0 Å². The van der Waals surface area contributed by atoms with Gasteiger partial charge in [-0.15, -0.1) is 0 Å². The van der Waals surface area contributed by atoms with Gasteiger partial charge < -0.3 is 33.7 Å². The first-order valence-corrected chi connectivity index (χ1v) is 17.3. The van der Waals surface area contributed by atoms with Gasteiger partial charge in [-0.3, -0.25) is 19.8 Å². The summed E-state index contributed by atoms with van der Waals surface area (Å²) in [6, 6.07) is 1.51. The maximum Gasteiger partial charge on any atom is 0.409 e. The molecule has 6 bridgehead atoms. The number of fused-ring (bicyclic) bond motifs is 6. The van der Waals surface area contributed by atoms with Crippen molar-refractivity contribution in [3.8, 4) is 5.75 Å². The fraction of sp³-hybridized carbons (Fsp3) is 0.618. The van der Waals surface area contributed by atoms with Crippen LogP contribution in [-0.2, 0) is 35.0 Å². The summed E-state index contributed by atoms with van der Waals surface area (Å²) in [5.74, 6) is -1.31. The Labute approximate surface area is 305 Å². The lowest BCUT2D eigenvalue weighted by Gasteiger charge is -2.53. The molecule has 1 aromatic rings. The Balaban J connectivity index is 1.72. The third-order valence-electron chi connectivity index (χ3n) is 9.45. The molecule has 2 fully saturated rings. The average molecular weight is 764 g/mol. The molecule has 17 heteroatoms. The Morgan fingerprint density at radius 1 is 1.25 bits per heavy atom. The third-order valence-corrected chi connectivity index (χ3v) is 10.1. The van der Waals surface area contributed by atoms with Crippen molar-refractivity contribution in [3.63, 3.8) is 0 Å². The van der Waals surface area contributed by atoms with Crippen molar-refractivity contribution < 1.29 is 56.3 Å². The number of likely N-dealkylation sites (N-methyl/N-ethyl adjacent to an activating group) is 1. The number of amides is 2. The zero-order valence-corrected chi connectivity index (χ0v) is 30.9. The Hall–Kier alpha value is -3.02. The Morgan fingerprint density at radius 2 is 1.94 bits per heavy atom. The van der Waals surface area contributed by atoms with Gasteiger partial charge in [-0.2, -0.15) is 25.8 Å². The Kier molecular flexibility index (Phi) is 13.0. The SMILES string of the molecule is COc1cc2cc(c1Cl)N(C)C(=O)C[C@H](OC(=O)CN(C)C(CCS)C(F)(F)F)[C@@]1(C)CC(O1)[C@@H]1C[C@@](O)(NC(=O)O1)[C@H](OC)/C=C/C=C(\C)C2. The Morgan fingerprint density at radius 3 is 2.55 bits per heavy atom. The molecule has 4 aliphatic heterocycles. The number of aliphatic hydroxyl groups is 1. The molecule has 5 rings (SSSR count). The molecule has 0 saturated carbocycles. The minimum Gasteiger partial charge on any atom is -0.495 e. The number of benzene rings is 1. The molecule has 12 nitrogen and oxygen atoms in total. The van der Waals surface area contributed by atoms with E-state index in [0.29, 0.717) is 17.9 Å². The average Bonchev–Trinajstić information content (AvgIpc) is 3.02. The van der Waals surface area contributed by atoms with Crippen LogP contribution >= 0.6 is 24.2 Å². The number of esters is 1. The van der Waals surface area contributed by atoms with Gasteiger partial charge in [-0.25, -0.2) is 4.79 Å². The maximum atomic E-state index is 13.9. The Bertz CT molecular complexity index is 1520. The zero-order chi connectivity index (χ0) is 37.9. The van der Waals surface area contributed by atoms with E-state index in [4.69, 9.17) is 35.3 Å². The number of hydrogen-bond donors (Lipinski definition) is 3. The number of rotatable bonds is 8. The molecule has 1 aromatic carbocycles. The molecule has 0 radical (unpaired) electrons. The highest BCUT2D eigenvalue weighted by atomic mass is 35.5. The number of carbonyl (C=O) groups is 3. The van der Waals surface area contributed by atoms with Crippen LogP contribution in [0.4, 0.5) is 23.7 Å². The minimum atomic E-state index is -4.62. The summed E-state index contributed by atoms with van der Waals surface area (Å²) in [5.41, 5.74) is -1.29. The van der Waals surface area contributed by atoms with Gasteiger partial charge >= 0.3 is 18.2 Å². The molecule has 284 valence electrons. The van der Waals surface area contributed by atoms with E-state index < -0.39 is 78.9 Å². The smallest absolute Gasteiger partial charge is 0.409 e. The van der Waals surface area contributed by atoms with Crippen molar-refractivity contribution >= 4 is 47.9 Å². The molecule has 2 N–H and O–H groups in total. The van der Waals surface area contributed by atoms with E-state index in [1.165, 1.54) is 26.2 Å². The molecule has 2 amide bonds. The molecule has 0 spiro atoms. The number of ether oxygens (including phenoxy) is 5. The van der Waals surface area contributed by atoms with Crippen molar-refractivity contribution in [1.29, 1.82) is 0 Å². The van der Waals surface area contributed by atoms with E-state index in [9.17, 15) is 32.7 Å². The highest BCUT2D eigenvalue weighted by Crippen LogP contribution is 2.44. The summed E-state index contributed by atoms with van der Waals surface area (Å²) < 4.78 is 69.7. The van der Waals surface area contributed by atoms with Gasteiger partial charge in [0.1, 0.15) is 40.7 Å². The van der Waals surface area contributed by atoms with Crippen LogP contribution in [0.1, 0.15) is 45.1 Å². The predicted molar refractivity (Wildman–Crippen MR) is 185 cm³/mol. The number of methoxy groups -OCH3 is 2. The first-order chi connectivity index (χ1) is 23.8. The molecule has 2 saturated heterocycles. The van der Waals surface area contributed by atoms with Crippen molar-refractivity contribution in [1.82, 2.24) is 10.2 Å². The first-order valence-electron chi connectivity index (χ1n) is 16.3. The van der Waals surface area contributed by atoms with E-state index >= 15 is 0 Å². The summed E-state index contributed by atoms with van der Waals surface area (Å²) in [5, 5.41) is 14.2. The van der Waals surface area contributed by atoms with Crippen molar-refractivity contribution in [2.75, 3.05) is 45.5 Å². The van der Waals surface area contributed by atoms with Crippen LogP contribution in [0.2, 0.25) is 5.02 Å². The van der Waals surface area contributed by atoms with Crippen LogP contribution in [0.25, 0.3) is 0 Å². The summed E-state index contributed by atoms with van der Waals surface area (Å²) in [6.45, 7) is 2.73. The lowest BCUT2D eigenvalue weighted by Crippen LogP contribution is -2.68. The topological polar surface area (TPSA) is 136 Å². The normalized spacial score (nSPS) is 31.1. The summed E-state index contributed by atoms with van der Waals surface area (Å²) in [6.07, 6.45) is -4.92. The molecule has 0 aliphatic carbocycles. The molecular weight excluding hydrogens is 719 g/mol. The number of hydrogen-bond acceptors (Lipinski definition) is 11. The van der Waals surface area contributed by atoms with Crippen LogP contribution in [0.5, 0.6) is 5.75 Å². The van der Waals surface area contributed by atoms with Gasteiger partial charge in [-0.05, 0) is 57.2 Å². The number of alkyl halides is 3. The van der Waals surface area contributed by atoms with Crippen molar-refractivity contribution in [2.45, 2.75) is 93.9 Å². The quantitative estimate of drug-likeness (QED) is 0.255. The third kappa shape index (κ3) is 9.51. The van der Waals surface area contributed by atoms with E-state index in [2.05, 4.69) is 17.9 Å². The molecule has 7 atom stereocenters. The van der Waals surface area contributed by atoms with Crippen LogP contribution in [0.15, 0.2) is 35.9 Å². The molecular formula is C34H45ClF3N3O9S. The van der Waals surface area contributed by atoms with Crippen LogP contribution in [0.3, 0.4) is 0 Å². The lowest BCUT2D eigenvalue weighted by atomic mass is 9.79. The highest BCUT2D eigenvalue weighted by Gasteiger charge is 2.57. The van der Waals surface area contributed by atoms with Crippen LogP contribution < -0.4 is 15.0 Å². The zero-order valence-electron chi connectivity index (χ0n) is 29.3. The van der Waals surface area contributed by atoms with Crippen LogP contribution in [0, 0.1) is 0 Å². The number of thiol groups is 1.